The molecule has 5 heteroatoms. The van der Waals surface area contributed by atoms with Crippen LogP contribution in [0.3, 0.4) is 0 Å². The SMILES string of the molecule is C=CCOCC(=C)[B-](F)(F)F. The normalized spacial score (nSPS) is 11.2. The van der Waals surface area contributed by atoms with Crippen molar-refractivity contribution in [3.8, 4) is 0 Å². The van der Waals surface area contributed by atoms with Gasteiger partial charge in [-0.05, 0) is 0 Å². The van der Waals surface area contributed by atoms with Crippen molar-refractivity contribution in [2.75, 3.05) is 13.2 Å². The van der Waals surface area contributed by atoms with Gasteiger partial charge in [0.1, 0.15) is 0 Å². The van der Waals surface area contributed by atoms with Gasteiger partial charge >= 0.3 is 6.98 Å². The molecule has 0 aromatic heterocycles. The van der Waals surface area contributed by atoms with Crippen LogP contribution < -0.4 is 0 Å². The Labute approximate surface area is 63.6 Å². The van der Waals surface area contributed by atoms with Crippen molar-refractivity contribution in [3.05, 3.63) is 24.7 Å². The second-order valence-electron chi connectivity index (χ2n) is 2.04. The van der Waals surface area contributed by atoms with E-state index in [1.54, 1.807) is 0 Å². The van der Waals surface area contributed by atoms with Crippen LogP contribution in [0.4, 0.5) is 12.9 Å². The van der Waals surface area contributed by atoms with E-state index >= 15 is 0 Å². The number of rotatable bonds is 5. The molecule has 0 aromatic carbocycles. The lowest BCUT2D eigenvalue weighted by Gasteiger charge is -2.16. The Balaban J connectivity index is 3.62. The molecule has 0 unspecified atom stereocenters. The molecule has 0 aliphatic rings. The lowest BCUT2D eigenvalue weighted by atomic mass is 9.81. The highest BCUT2D eigenvalue weighted by molar-refractivity contribution is 6.66. The predicted octanol–water partition coefficient (Wildman–Crippen LogP) is 2.13. The average Bonchev–Trinajstić information content (AvgIpc) is 1.86. The van der Waals surface area contributed by atoms with Gasteiger partial charge in [-0.1, -0.05) is 6.08 Å². The van der Waals surface area contributed by atoms with Gasteiger partial charge < -0.3 is 17.7 Å². The van der Waals surface area contributed by atoms with Crippen LogP contribution in [0.15, 0.2) is 24.7 Å². The minimum absolute atomic E-state index is 0.116. The lowest BCUT2D eigenvalue weighted by Crippen LogP contribution is -2.22. The predicted molar refractivity (Wildman–Crippen MR) is 39.2 cm³/mol. The van der Waals surface area contributed by atoms with Gasteiger partial charge in [0, 0.05) is 6.61 Å². The highest BCUT2D eigenvalue weighted by Gasteiger charge is 2.26. The maximum atomic E-state index is 11.7. The molecule has 1 nitrogen and oxygen atoms in total. The van der Waals surface area contributed by atoms with Gasteiger partial charge in [-0.25, -0.2) is 0 Å². The van der Waals surface area contributed by atoms with Gasteiger partial charge in [-0.2, -0.15) is 0 Å². The summed E-state index contributed by atoms with van der Waals surface area (Å²) < 4.78 is 39.7. The highest BCUT2D eigenvalue weighted by atomic mass is 19.4. The van der Waals surface area contributed by atoms with Crippen LogP contribution in [0.5, 0.6) is 0 Å². The molecule has 0 fully saturated rings. The van der Waals surface area contributed by atoms with Gasteiger partial charge in [0.15, 0.2) is 0 Å². The summed E-state index contributed by atoms with van der Waals surface area (Å²) in [6, 6.07) is 0. The second kappa shape index (κ2) is 4.23. The molecule has 0 rings (SSSR count). The van der Waals surface area contributed by atoms with Crippen molar-refractivity contribution < 1.29 is 17.7 Å². The average molecular weight is 165 g/mol. The molecule has 0 saturated heterocycles. The van der Waals surface area contributed by atoms with E-state index in [9.17, 15) is 12.9 Å². The maximum absolute atomic E-state index is 11.7. The summed E-state index contributed by atoms with van der Waals surface area (Å²) >= 11 is 0. The molecule has 0 amide bonds. The summed E-state index contributed by atoms with van der Waals surface area (Å²) in [4.78, 5) is 0. The summed E-state index contributed by atoms with van der Waals surface area (Å²) in [6.07, 6.45) is 1.39. The first kappa shape index (κ1) is 10.3. The molecule has 0 radical (unpaired) electrons. The van der Waals surface area contributed by atoms with Crippen molar-refractivity contribution in [3.63, 3.8) is 0 Å². The topological polar surface area (TPSA) is 9.23 Å². The minimum atomic E-state index is -4.94. The monoisotopic (exact) mass is 165 g/mol. The molecule has 0 aliphatic heterocycles. The van der Waals surface area contributed by atoms with E-state index < -0.39 is 19.1 Å². The fourth-order valence-corrected chi connectivity index (χ4v) is 0.368. The van der Waals surface area contributed by atoms with Crippen molar-refractivity contribution in [2.24, 2.45) is 0 Å². The van der Waals surface area contributed by atoms with Crippen molar-refractivity contribution >= 4 is 6.98 Å². The first-order chi connectivity index (χ1) is 4.98. The van der Waals surface area contributed by atoms with Crippen LogP contribution in [-0.2, 0) is 4.74 Å². The Morgan fingerprint density at radius 1 is 1.45 bits per heavy atom. The van der Waals surface area contributed by atoms with Gasteiger partial charge in [0.25, 0.3) is 0 Å². The van der Waals surface area contributed by atoms with Gasteiger partial charge in [0.05, 0.1) is 6.61 Å². The van der Waals surface area contributed by atoms with E-state index in [0.29, 0.717) is 0 Å². The third kappa shape index (κ3) is 4.67. The fraction of sp³-hybridized carbons (Fsp3) is 0.333. The van der Waals surface area contributed by atoms with Crippen LogP contribution in [0.25, 0.3) is 0 Å². The van der Waals surface area contributed by atoms with Crippen LogP contribution in [0, 0.1) is 0 Å². The Bertz CT molecular complexity index is 152. The fourth-order valence-electron chi connectivity index (χ4n) is 0.368. The Hall–Kier alpha value is -0.705. The van der Waals surface area contributed by atoms with Gasteiger partial charge in [-0.3, -0.25) is 0 Å². The molecule has 0 N–H and O–H groups in total. The molecular formula is C6H9BF3O-. The zero-order valence-corrected chi connectivity index (χ0v) is 6.03. The molecule has 64 valence electrons. The van der Waals surface area contributed by atoms with Crippen molar-refractivity contribution in [1.82, 2.24) is 0 Å². The summed E-state index contributed by atoms with van der Waals surface area (Å²) in [5.74, 6) is 0. The number of ether oxygens (including phenoxy) is 1. The van der Waals surface area contributed by atoms with E-state index in [0.717, 1.165) is 0 Å². The molecular weight excluding hydrogens is 156 g/mol. The van der Waals surface area contributed by atoms with Crippen LogP contribution in [0.1, 0.15) is 0 Å². The highest BCUT2D eigenvalue weighted by Crippen LogP contribution is 2.17. The summed E-state index contributed by atoms with van der Waals surface area (Å²) in [5, 5.41) is 0. The van der Waals surface area contributed by atoms with Crippen molar-refractivity contribution in [2.45, 2.75) is 0 Å². The zero-order valence-electron chi connectivity index (χ0n) is 6.03. The smallest absolute Gasteiger partial charge is 0.445 e. The quantitative estimate of drug-likeness (QED) is 0.344. The molecule has 0 bridgehead atoms. The van der Waals surface area contributed by atoms with E-state index in [4.69, 9.17) is 0 Å². The van der Waals surface area contributed by atoms with Gasteiger partial charge in [0.2, 0.25) is 0 Å². The molecule has 0 spiro atoms. The third-order valence-electron chi connectivity index (χ3n) is 0.986. The molecule has 0 aromatic rings. The van der Waals surface area contributed by atoms with Crippen molar-refractivity contribution in [1.29, 1.82) is 0 Å². The van der Waals surface area contributed by atoms with Crippen LogP contribution in [0.2, 0.25) is 0 Å². The first-order valence-corrected chi connectivity index (χ1v) is 3.04. The maximum Gasteiger partial charge on any atom is 0.507 e. The Morgan fingerprint density at radius 3 is 2.36 bits per heavy atom. The Morgan fingerprint density at radius 2 is 2.00 bits per heavy atom. The van der Waals surface area contributed by atoms with Gasteiger partial charge in [-0.15, -0.1) is 18.6 Å². The van der Waals surface area contributed by atoms with E-state index in [2.05, 4.69) is 17.9 Å². The third-order valence-corrected chi connectivity index (χ3v) is 0.986. The molecule has 0 heterocycles. The Kier molecular flexibility index (Phi) is 3.96. The lowest BCUT2D eigenvalue weighted by molar-refractivity contribution is 0.187. The largest absolute Gasteiger partial charge is 0.507 e. The van der Waals surface area contributed by atoms with Crippen LogP contribution >= 0.6 is 0 Å². The molecule has 11 heavy (non-hydrogen) atoms. The molecule has 0 saturated carbocycles. The van der Waals surface area contributed by atoms with E-state index in [1.807, 2.05) is 0 Å². The molecule has 0 atom stereocenters. The number of hydrogen-bond acceptors (Lipinski definition) is 1. The zero-order chi connectivity index (χ0) is 8.91. The second-order valence-corrected chi connectivity index (χ2v) is 2.04. The minimum Gasteiger partial charge on any atom is -0.445 e. The van der Waals surface area contributed by atoms with E-state index in [-0.39, 0.29) is 6.61 Å². The first-order valence-electron chi connectivity index (χ1n) is 3.04. The van der Waals surface area contributed by atoms with E-state index in [1.165, 1.54) is 6.08 Å². The van der Waals surface area contributed by atoms with Crippen LogP contribution in [-0.4, -0.2) is 20.2 Å². The summed E-state index contributed by atoms with van der Waals surface area (Å²) in [5.41, 5.74) is -0.813. The standard InChI is InChI=1S/C6H9BF3O/c1-3-4-11-5-6(2)7(8,9)10/h3H,1-2,4-5H2/q-1. The molecule has 0 aliphatic carbocycles. The summed E-state index contributed by atoms with van der Waals surface area (Å²) in [7, 11) is 0. The number of hydrogen-bond donors (Lipinski definition) is 0. The number of halogens is 3. The summed E-state index contributed by atoms with van der Waals surface area (Å²) in [6.45, 7) is 0.844.